The summed E-state index contributed by atoms with van der Waals surface area (Å²) in [7, 11) is 2.64. The van der Waals surface area contributed by atoms with E-state index >= 15 is 0 Å². The Balaban J connectivity index is 3.37. The fourth-order valence-electron chi connectivity index (χ4n) is 5.03. The van der Waals surface area contributed by atoms with Gasteiger partial charge >= 0.3 is 42.8 Å². The summed E-state index contributed by atoms with van der Waals surface area (Å²) in [6.07, 6.45) is 1.56. The van der Waals surface area contributed by atoms with Crippen molar-refractivity contribution in [3.05, 3.63) is 31.5 Å². The molecular weight excluding hydrogens is 559 g/mol. The van der Waals surface area contributed by atoms with Gasteiger partial charge in [0.25, 0.3) is 0 Å². The van der Waals surface area contributed by atoms with Crippen LogP contribution < -0.4 is 17.1 Å². The minimum Gasteiger partial charge on any atom is -0.398 e. The molecule has 0 radical (unpaired) electrons. The molecule has 0 aromatic carbocycles. The summed E-state index contributed by atoms with van der Waals surface area (Å²) in [6.45, 7) is 6.56. The van der Waals surface area contributed by atoms with E-state index < -0.39 is 42.8 Å². The molecule has 0 spiro atoms. The van der Waals surface area contributed by atoms with E-state index in [4.69, 9.17) is 26.6 Å². The van der Waals surface area contributed by atoms with Crippen LogP contribution in [0.25, 0.3) is 0 Å². The van der Waals surface area contributed by atoms with Crippen LogP contribution in [-0.2, 0) is 46.2 Å². The van der Waals surface area contributed by atoms with Gasteiger partial charge in [0.15, 0.2) is 0 Å². The third kappa shape index (κ3) is 8.90. The van der Waals surface area contributed by atoms with Crippen molar-refractivity contribution in [1.29, 1.82) is 0 Å². The lowest BCUT2D eigenvalue weighted by molar-refractivity contribution is 0.240. The molecule has 15 heteroatoms. The van der Waals surface area contributed by atoms with Gasteiger partial charge in [-0.1, -0.05) is 20.8 Å². The summed E-state index contributed by atoms with van der Waals surface area (Å²) < 4.78 is 37.6. The first-order valence-corrected chi connectivity index (χ1v) is 20.5. The maximum atomic E-state index is 13.4. The van der Waals surface area contributed by atoms with E-state index in [1.165, 1.54) is 13.7 Å². The molecule has 0 saturated heterocycles. The highest BCUT2D eigenvalue weighted by Crippen LogP contribution is 2.21. The van der Waals surface area contributed by atoms with Gasteiger partial charge in [-0.25, -0.2) is 28.1 Å². The summed E-state index contributed by atoms with van der Waals surface area (Å²) >= 11 is 0. The smallest absolute Gasteiger partial charge is 0.337 e. The van der Waals surface area contributed by atoms with Crippen LogP contribution in [-0.4, -0.2) is 82.0 Å². The molecule has 0 fully saturated rings. The molecule has 0 atom stereocenters. The van der Waals surface area contributed by atoms with E-state index in [1.807, 2.05) is 20.8 Å². The zero-order chi connectivity index (χ0) is 29.7. The third-order valence-electron chi connectivity index (χ3n) is 8.05. The van der Waals surface area contributed by atoms with Crippen LogP contribution in [0.1, 0.15) is 40.0 Å². The molecule has 0 saturated carbocycles. The van der Waals surface area contributed by atoms with Crippen LogP contribution in [0.4, 0.5) is 0 Å². The molecule has 0 aliphatic carbocycles. The SMILES string of the molecule is CC[Si](CCCn1c(=O)n(CCC[Si](CC)(OC)OC)c(=O)n(CCC[Si](CC)(OC)OC)c1=O)(OC)OC. The molecule has 12 nitrogen and oxygen atoms in total. The molecule has 1 aromatic rings. The van der Waals surface area contributed by atoms with Gasteiger partial charge < -0.3 is 26.6 Å². The molecule has 39 heavy (non-hydrogen) atoms. The predicted molar refractivity (Wildman–Crippen MR) is 158 cm³/mol. The molecule has 1 heterocycles. The van der Waals surface area contributed by atoms with Gasteiger partial charge in [-0.15, -0.1) is 0 Å². The lowest BCUT2D eigenvalue weighted by atomic mass is 10.4. The summed E-state index contributed by atoms with van der Waals surface area (Å²) in [5.74, 6) is 0. The maximum Gasteiger partial charge on any atom is 0.337 e. The van der Waals surface area contributed by atoms with Gasteiger partial charge in [0.05, 0.1) is 0 Å². The van der Waals surface area contributed by atoms with Crippen molar-refractivity contribution in [3.63, 3.8) is 0 Å². The molecule has 1 aromatic heterocycles. The van der Waals surface area contributed by atoms with E-state index in [0.717, 1.165) is 18.1 Å². The average molecular weight is 610 g/mol. The van der Waals surface area contributed by atoms with Gasteiger partial charge in [0, 0.05) is 62.3 Å². The molecular formula is C24H51N3O9Si3. The van der Waals surface area contributed by atoms with Gasteiger partial charge in [-0.05, 0) is 55.5 Å². The second-order valence-electron chi connectivity index (χ2n) is 9.63. The van der Waals surface area contributed by atoms with Crippen LogP contribution in [0.3, 0.4) is 0 Å². The van der Waals surface area contributed by atoms with Crippen LogP contribution in [0.15, 0.2) is 14.4 Å². The van der Waals surface area contributed by atoms with Crippen molar-refractivity contribution in [2.45, 2.75) is 95.9 Å². The van der Waals surface area contributed by atoms with Crippen LogP contribution in [0.5, 0.6) is 0 Å². The highest BCUT2D eigenvalue weighted by Gasteiger charge is 2.35. The second kappa shape index (κ2) is 16.9. The lowest BCUT2D eigenvalue weighted by Gasteiger charge is -2.26. The Hall–Kier alpha value is -1.18. The average Bonchev–Trinajstić information content (AvgIpc) is 2.97. The maximum absolute atomic E-state index is 13.4. The summed E-state index contributed by atoms with van der Waals surface area (Å²) in [5.41, 5.74) is -1.78. The topological polar surface area (TPSA) is 121 Å². The number of aromatic nitrogens is 3. The fraction of sp³-hybridized carbons (Fsp3) is 0.875. The van der Waals surface area contributed by atoms with Crippen molar-refractivity contribution < 1.29 is 26.6 Å². The Morgan fingerprint density at radius 2 is 0.667 bits per heavy atom. The lowest BCUT2D eigenvalue weighted by Crippen LogP contribution is -2.55. The number of rotatable bonds is 21. The standard InChI is InChI=1S/C24H51N3O9Si3/c1-10-37(31-4,32-5)19-13-16-25-22(28)26(17-14-20-38(11-2,33-6)34-7)24(30)27(23(25)29)18-15-21-39(12-3,35-8)36-9/h10-21H2,1-9H3. The van der Waals surface area contributed by atoms with Gasteiger partial charge in [-0.2, -0.15) is 0 Å². The van der Waals surface area contributed by atoms with Crippen LogP contribution in [0, 0.1) is 0 Å². The van der Waals surface area contributed by atoms with Gasteiger partial charge in [0.2, 0.25) is 0 Å². The second-order valence-corrected chi connectivity index (χ2v) is 21.2. The number of hydrogen-bond donors (Lipinski definition) is 0. The molecule has 0 N–H and O–H groups in total. The third-order valence-corrected chi connectivity index (χ3v) is 19.1. The van der Waals surface area contributed by atoms with Gasteiger partial charge in [0.1, 0.15) is 0 Å². The van der Waals surface area contributed by atoms with E-state index in [1.54, 1.807) is 42.7 Å². The Labute approximate surface area is 235 Å². The molecule has 0 bridgehead atoms. The Morgan fingerprint density at radius 3 is 0.821 bits per heavy atom. The van der Waals surface area contributed by atoms with E-state index in [-0.39, 0.29) is 19.6 Å². The highest BCUT2D eigenvalue weighted by atomic mass is 28.4. The summed E-state index contributed by atoms with van der Waals surface area (Å²) in [5, 5.41) is 0. The zero-order valence-electron chi connectivity index (χ0n) is 25.5. The van der Waals surface area contributed by atoms with E-state index in [2.05, 4.69) is 0 Å². The number of nitrogens with zero attached hydrogens (tertiary/aromatic N) is 3. The Bertz CT molecular complexity index is 849. The van der Waals surface area contributed by atoms with E-state index in [0.29, 0.717) is 37.4 Å². The van der Waals surface area contributed by atoms with Crippen molar-refractivity contribution in [2.75, 3.05) is 42.7 Å². The van der Waals surface area contributed by atoms with Crippen molar-refractivity contribution in [1.82, 2.24) is 13.7 Å². The van der Waals surface area contributed by atoms with Crippen molar-refractivity contribution in [3.8, 4) is 0 Å². The highest BCUT2D eigenvalue weighted by molar-refractivity contribution is 6.68. The molecule has 0 aliphatic rings. The molecule has 0 amide bonds. The zero-order valence-corrected chi connectivity index (χ0v) is 28.5. The fourth-order valence-corrected chi connectivity index (χ4v) is 11.6. The molecule has 228 valence electrons. The van der Waals surface area contributed by atoms with Gasteiger partial charge in [-0.3, -0.25) is 0 Å². The van der Waals surface area contributed by atoms with Crippen LogP contribution in [0.2, 0.25) is 36.3 Å². The van der Waals surface area contributed by atoms with E-state index in [9.17, 15) is 14.4 Å². The quantitative estimate of drug-likeness (QED) is 0.194. The van der Waals surface area contributed by atoms with Crippen LogP contribution >= 0.6 is 0 Å². The van der Waals surface area contributed by atoms with Crippen molar-refractivity contribution >= 4 is 25.7 Å². The minimum absolute atomic E-state index is 0.174. The summed E-state index contributed by atoms with van der Waals surface area (Å²) in [6, 6.07) is 4.13. The Morgan fingerprint density at radius 1 is 0.462 bits per heavy atom. The number of hydrogen-bond acceptors (Lipinski definition) is 9. The Kier molecular flexibility index (Phi) is 15.6. The molecule has 0 unspecified atom stereocenters. The first-order chi connectivity index (χ1) is 18.6. The monoisotopic (exact) mass is 609 g/mol. The largest absolute Gasteiger partial charge is 0.398 e. The molecule has 1 rings (SSSR count). The molecule has 0 aliphatic heterocycles. The first-order valence-electron chi connectivity index (χ1n) is 13.8. The van der Waals surface area contributed by atoms with Crippen molar-refractivity contribution in [2.24, 2.45) is 0 Å². The predicted octanol–water partition coefficient (Wildman–Crippen LogP) is 2.61. The minimum atomic E-state index is -2.39. The first kappa shape index (κ1) is 35.8. The normalized spacial score (nSPS) is 12.8. The summed E-state index contributed by atoms with van der Waals surface area (Å²) in [4.78, 5) is 40.3.